The first-order chi connectivity index (χ1) is 8.41. The van der Waals surface area contributed by atoms with Gasteiger partial charge in [0.1, 0.15) is 4.88 Å². The van der Waals surface area contributed by atoms with Gasteiger partial charge in [0.25, 0.3) is 0 Å². The van der Waals surface area contributed by atoms with E-state index in [4.69, 9.17) is 22.4 Å². The molecule has 0 bridgehead atoms. The molecule has 0 fully saturated rings. The molecule has 0 aliphatic rings. The summed E-state index contributed by atoms with van der Waals surface area (Å²) < 4.78 is 0.957. The van der Waals surface area contributed by atoms with Crippen molar-refractivity contribution in [3.8, 4) is 10.4 Å². The number of thiophene rings is 1. The molecule has 0 aliphatic carbocycles. The predicted molar refractivity (Wildman–Crippen MR) is 83.6 cm³/mol. The fourth-order valence-corrected chi connectivity index (χ4v) is 3.18. The molecule has 2 aromatic rings. The highest BCUT2D eigenvalue weighted by atomic mass is 127. The van der Waals surface area contributed by atoms with Gasteiger partial charge in [0.05, 0.1) is 10.7 Å². The smallest absolute Gasteiger partial charge is 0.348 e. The first-order valence-corrected chi connectivity index (χ1v) is 7.26. The van der Waals surface area contributed by atoms with Gasteiger partial charge in [-0.25, -0.2) is 4.79 Å². The zero-order valence-electron chi connectivity index (χ0n) is 9.33. The fraction of sp³-hybridized carbons (Fsp3) is 0.0833. The highest BCUT2D eigenvalue weighted by molar-refractivity contribution is 14.1. The summed E-state index contributed by atoms with van der Waals surface area (Å²) in [4.78, 5) is 12.1. The van der Waals surface area contributed by atoms with Crippen LogP contribution < -0.4 is 5.73 Å². The number of nitrogens with two attached hydrogens (primary N) is 1. The van der Waals surface area contributed by atoms with Crippen molar-refractivity contribution in [2.75, 3.05) is 5.73 Å². The summed E-state index contributed by atoms with van der Waals surface area (Å²) in [6.45, 7) is 1.82. The van der Waals surface area contributed by atoms with Crippen molar-refractivity contribution in [2.45, 2.75) is 6.92 Å². The minimum atomic E-state index is -0.997. The zero-order valence-corrected chi connectivity index (χ0v) is 13.1. The average Bonchev–Trinajstić information content (AvgIpc) is 2.60. The molecule has 0 amide bonds. The van der Waals surface area contributed by atoms with Crippen LogP contribution in [0.1, 0.15) is 15.2 Å². The van der Waals surface area contributed by atoms with E-state index in [1.54, 1.807) is 0 Å². The van der Waals surface area contributed by atoms with E-state index in [9.17, 15) is 4.79 Å². The lowest BCUT2D eigenvalue weighted by Crippen LogP contribution is -1.97. The van der Waals surface area contributed by atoms with E-state index >= 15 is 0 Å². The lowest BCUT2D eigenvalue weighted by Gasteiger charge is -2.02. The van der Waals surface area contributed by atoms with Crippen LogP contribution in [0.15, 0.2) is 18.2 Å². The molecule has 0 radical (unpaired) electrons. The van der Waals surface area contributed by atoms with Crippen molar-refractivity contribution < 1.29 is 9.90 Å². The number of hydrogen-bond donors (Lipinski definition) is 2. The van der Waals surface area contributed by atoms with Gasteiger partial charge >= 0.3 is 5.97 Å². The van der Waals surface area contributed by atoms with E-state index in [1.807, 2.05) is 25.1 Å². The van der Waals surface area contributed by atoms with Gasteiger partial charge in [-0.3, -0.25) is 0 Å². The minimum absolute atomic E-state index is 0.178. The average molecular weight is 394 g/mol. The maximum absolute atomic E-state index is 11.0. The number of hydrogen-bond acceptors (Lipinski definition) is 3. The molecule has 18 heavy (non-hydrogen) atoms. The zero-order chi connectivity index (χ0) is 13.4. The van der Waals surface area contributed by atoms with Crippen molar-refractivity contribution in [3.63, 3.8) is 0 Å². The Balaban J connectivity index is 2.61. The standard InChI is InChI=1S/C12H9ClINO2S/c1-5-9(15)11(12(16)17)18-10(5)6-2-3-8(14)7(13)4-6/h2-4H,15H2,1H3,(H,16,17). The molecule has 2 rings (SSSR count). The van der Waals surface area contributed by atoms with Crippen LogP contribution in [0, 0.1) is 10.5 Å². The molecular weight excluding hydrogens is 385 g/mol. The Hall–Kier alpha value is -0.790. The highest BCUT2D eigenvalue weighted by Crippen LogP contribution is 2.39. The molecule has 0 saturated carbocycles. The van der Waals surface area contributed by atoms with E-state index in [1.165, 1.54) is 11.3 Å². The van der Waals surface area contributed by atoms with Gasteiger partial charge in [-0.2, -0.15) is 0 Å². The Morgan fingerprint density at radius 1 is 1.50 bits per heavy atom. The summed E-state index contributed by atoms with van der Waals surface area (Å²) in [5.41, 5.74) is 7.81. The summed E-state index contributed by atoms with van der Waals surface area (Å²) in [5.74, 6) is -0.997. The van der Waals surface area contributed by atoms with Gasteiger partial charge in [-0.1, -0.05) is 17.7 Å². The van der Waals surface area contributed by atoms with Gasteiger partial charge < -0.3 is 10.8 Å². The summed E-state index contributed by atoms with van der Waals surface area (Å²) in [5, 5.41) is 9.70. The predicted octanol–water partition coefficient (Wildman–Crippen LogP) is 4.26. The normalized spacial score (nSPS) is 10.6. The topological polar surface area (TPSA) is 63.3 Å². The maximum atomic E-state index is 11.0. The van der Waals surface area contributed by atoms with Crippen LogP contribution in [-0.2, 0) is 0 Å². The van der Waals surface area contributed by atoms with Crippen LogP contribution in [0.4, 0.5) is 5.69 Å². The second-order valence-electron chi connectivity index (χ2n) is 3.73. The summed E-state index contributed by atoms with van der Waals surface area (Å²) >= 11 is 9.40. The SMILES string of the molecule is Cc1c(-c2ccc(I)c(Cl)c2)sc(C(=O)O)c1N. The lowest BCUT2D eigenvalue weighted by molar-refractivity contribution is 0.0703. The molecule has 0 saturated heterocycles. The van der Waals surface area contributed by atoms with E-state index < -0.39 is 5.97 Å². The molecule has 1 aromatic heterocycles. The van der Waals surface area contributed by atoms with Crippen molar-refractivity contribution >= 4 is 57.2 Å². The molecule has 1 aromatic carbocycles. The molecule has 0 aliphatic heterocycles. The Morgan fingerprint density at radius 2 is 2.17 bits per heavy atom. The second-order valence-corrected chi connectivity index (χ2v) is 6.32. The first kappa shape index (κ1) is 13.6. The summed E-state index contributed by atoms with van der Waals surface area (Å²) in [6.07, 6.45) is 0. The number of carboxylic acids is 1. The van der Waals surface area contributed by atoms with Crippen LogP contribution in [0.2, 0.25) is 5.02 Å². The number of rotatable bonds is 2. The number of anilines is 1. The minimum Gasteiger partial charge on any atom is -0.477 e. The van der Waals surface area contributed by atoms with Crippen molar-refractivity contribution in [2.24, 2.45) is 0 Å². The van der Waals surface area contributed by atoms with E-state index in [0.717, 1.165) is 19.6 Å². The van der Waals surface area contributed by atoms with E-state index in [0.29, 0.717) is 10.7 Å². The molecular formula is C12H9ClINO2S. The Bertz CT molecular complexity index is 639. The monoisotopic (exact) mass is 393 g/mol. The van der Waals surface area contributed by atoms with E-state index in [-0.39, 0.29) is 4.88 Å². The number of benzene rings is 1. The summed E-state index contributed by atoms with van der Waals surface area (Å²) in [7, 11) is 0. The Morgan fingerprint density at radius 3 is 2.67 bits per heavy atom. The molecule has 3 nitrogen and oxygen atoms in total. The number of halogens is 2. The molecule has 3 N–H and O–H groups in total. The van der Waals surface area contributed by atoms with Crippen LogP contribution >= 0.6 is 45.5 Å². The molecule has 6 heteroatoms. The van der Waals surface area contributed by atoms with Crippen molar-refractivity contribution in [1.82, 2.24) is 0 Å². The molecule has 0 unspecified atom stereocenters. The third-order valence-corrected chi connectivity index (χ3v) is 5.49. The number of carbonyl (C=O) groups is 1. The quantitative estimate of drug-likeness (QED) is 0.749. The number of aromatic carboxylic acids is 1. The van der Waals surface area contributed by atoms with Gasteiger partial charge in [0, 0.05) is 8.45 Å². The molecule has 1 heterocycles. The molecule has 0 spiro atoms. The third kappa shape index (κ3) is 2.34. The van der Waals surface area contributed by atoms with Gasteiger partial charge in [0.2, 0.25) is 0 Å². The van der Waals surface area contributed by atoms with Gasteiger partial charge in [-0.15, -0.1) is 11.3 Å². The lowest BCUT2D eigenvalue weighted by atomic mass is 10.1. The van der Waals surface area contributed by atoms with Crippen LogP contribution in [0.25, 0.3) is 10.4 Å². The van der Waals surface area contributed by atoms with Gasteiger partial charge in [-0.05, 0) is 52.8 Å². The highest BCUT2D eigenvalue weighted by Gasteiger charge is 2.18. The van der Waals surface area contributed by atoms with Crippen LogP contribution in [0.3, 0.4) is 0 Å². The maximum Gasteiger partial charge on any atom is 0.348 e. The van der Waals surface area contributed by atoms with Crippen LogP contribution in [-0.4, -0.2) is 11.1 Å². The largest absolute Gasteiger partial charge is 0.477 e. The third-order valence-electron chi connectivity index (χ3n) is 2.57. The second kappa shape index (κ2) is 5.07. The fourth-order valence-electron chi connectivity index (χ4n) is 1.60. The van der Waals surface area contributed by atoms with Crippen molar-refractivity contribution in [1.29, 1.82) is 0 Å². The number of carboxylic acid groups (broad SMARTS) is 1. The summed E-state index contributed by atoms with van der Waals surface area (Å²) in [6, 6.07) is 5.64. The van der Waals surface area contributed by atoms with Crippen LogP contribution in [0.5, 0.6) is 0 Å². The van der Waals surface area contributed by atoms with Crippen molar-refractivity contribution in [3.05, 3.63) is 37.2 Å². The molecule has 94 valence electrons. The Labute approximate surface area is 127 Å². The Kier molecular flexibility index (Phi) is 3.84. The van der Waals surface area contributed by atoms with E-state index in [2.05, 4.69) is 22.6 Å². The first-order valence-electron chi connectivity index (χ1n) is 4.99. The van der Waals surface area contributed by atoms with Gasteiger partial charge in [0.15, 0.2) is 0 Å². The molecule has 0 atom stereocenters. The number of nitrogen functional groups attached to an aromatic ring is 1.